The highest BCUT2D eigenvalue weighted by Gasteiger charge is 2.07. The van der Waals surface area contributed by atoms with E-state index in [1.54, 1.807) is 15.4 Å². The fraction of sp³-hybridized carbons (Fsp3) is 0.0769. The van der Waals surface area contributed by atoms with E-state index in [0.29, 0.717) is 5.82 Å². The highest BCUT2D eigenvalue weighted by atomic mass is 79.9. The van der Waals surface area contributed by atoms with E-state index in [9.17, 15) is 0 Å². The lowest BCUT2D eigenvalue weighted by atomic mass is 10.1. The molecule has 2 N–H and O–H groups in total. The van der Waals surface area contributed by atoms with Gasteiger partial charge in [0.1, 0.15) is 10.4 Å². The maximum absolute atomic E-state index is 5.69. The zero-order valence-corrected chi connectivity index (χ0v) is 11.9. The highest BCUT2D eigenvalue weighted by Crippen LogP contribution is 2.24. The van der Waals surface area contributed by atoms with Crippen molar-refractivity contribution in [2.75, 3.05) is 5.73 Å². The second-order valence-corrected chi connectivity index (χ2v) is 5.07. The number of anilines is 1. The van der Waals surface area contributed by atoms with E-state index in [1.807, 2.05) is 43.7 Å². The Morgan fingerprint density at radius 3 is 2.68 bits per heavy atom. The van der Waals surface area contributed by atoms with Crippen LogP contribution in [0.15, 0.2) is 47.3 Å². The predicted molar refractivity (Wildman–Crippen MR) is 77.9 cm³/mol. The lowest BCUT2D eigenvalue weighted by molar-refractivity contribution is 0.768. The molecule has 0 amide bonds. The number of hydrogen-bond donors (Lipinski definition) is 1. The monoisotopic (exact) mass is 317 g/mol. The molecular weight excluding hydrogens is 306 g/mol. The second kappa shape index (κ2) is 4.55. The molecule has 6 heteroatoms. The summed E-state index contributed by atoms with van der Waals surface area (Å²) in [5, 5.41) is 8.43. The van der Waals surface area contributed by atoms with Crippen LogP contribution in [0.1, 0.15) is 0 Å². The van der Waals surface area contributed by atoms with Gasteiger partial charge in [0.15, 0.2) is 0 Å². The van der Waals surface area contributed by atoms with Gasteiger partial charge in [0.2, 0.25) is 0 Å². The van der Waals surface area contributed by atoms with Gasteiger partial charge in [-0.05, 0) is 33.6 Å². The van der Waals surface area contributed by atoms with Crippen LogP contribution in [0.4, 0.5) is 5.82 Å². The summed E-state index contributed by atoms with van der Waals surface area (Å²) in [5.41, 5.74) is 8.80. The smallest absolute Gasteiger partial charge is 0.147 e. The number of rotatable bonds is 2. The molecule has 0 unspecified atom stereocenters. The van der Waals surface area contributed by atoms with E-state index in [2.05, 4.69) is 26.1 Å². The third kappa shape index (κ3) is 2.26. The van der Waals surface area contributed by atoms with Crippen LogP contribution in [0, 0.1) is 0 Å². The molecule has 2 aromatic heterocycles. The minimum atomic E-state index is 0.485. The molecule has 0 spiro atoms. The number of halogens is 1. The molecule has 0 aliphatic carbocycles. The number of hydrogen-bond acceptors (Lipinski definition) is 3. The van der Waals surface area contributed by atoms with Crippen LogP contribution >= 0.6 is 15.9 Å². The number of nitrogens with zero attached hydrogens (tertiary/aromatic N) is 4. The van der Waals surface area contributed by atoms with Crippen LogP contribution in [-0.2, 0) is 7.05 Å². The van der Waals surface area contributed by atoms with Crippen molar-refractivity contribution in [3.8, 4) is 16.8 Å². The number of nitrogens with two attached hydrogens (primary N) is 1. The molecule has 2 heterocycles. The van der Waals surface area contributed by atoms with Gasteiger partial charge in [-0.1, -0.05) is 12.1 Å². The highest BCUT2D eigenvalue weighted by molar-refractivity contribution is 9.10. The first-order valence-electron chi connectivity index (χ1n) is 5.74. The predicted octanol–water partition coefficient (Wildman–Crippen LogP) is 2.62. The molecule has 3 aromatic rings. The molecule has 96 valence electrons. The Morgan fingerprint density at radius 1 is 1.21 bits per heavy atom. The van der Waals surface area contributed by atoms with Crippen LogP contribution in [0.2, 0.25) is 0 Å². The fourth-order valence-corrected chi connectivity index (χ4v) is 2.46. The fourth-order valence-electron chi connectivity index (χ4n) is 1.94. The van der Waals surface area contributed by atoms with Crippen molar-refractivity contribution in [3.05, 3.63) is 47.3 Å². The largest absolute Gasteiger partial charge is 0.382 e. The summed E-state index contributed by atoms with van der Waals surface area (Å²) in [6, 6.07) is 9.84. The number of aromatic nitrogens is 4. The van der Waals surface area contributed by atoms with Gasteiger partial charge < -0.3 is 5.73 Å². The maximum Gasteiger partial charge on any atom is 0.147 e. The summed E-state index contributed by atoms with van der Waals surface area (Å²) >= 11 is 3.44. The molecule has 0 fully saturated rings. The normalized spacial score (nSPS) is 10.8. The van der Waals surface area contributed by atoms with Crippen molar-refractivity contribution < 1.29 is 0 Å². The minimum Gasteiger partial charge on any atom is -0.382 e. The van der Waals surface area contributed by atoms with Crippen molar-refractivity contribution in [1.82, 2.24) is 19.6 Å². The van der Waals surface area contributed by atoms with E-state index in [-0.39, 0.29) is 0 Å². The van der Waals surface area contributed by atoms with E-state index in [4.69, 9.17) is 5.73 Å². The Bertz CT molecular complexity index is 728. The average Bonchev–Trinajstić information content (AvgIpc) is 2.96. The van der Waals surface area contributed by atoms with E-state index < -0.39 is 0 Å². The maximum atomic E-state index is 5.69. The summed E-state index contributed by atoms with van der Waals surface area (Å²) in [7, 11) is 1.90. The van der Waals surface area contributed by atoms with E-state index in [1.165, 1.54) is 0 Å². The molecule has 1 aromatic carbocycles. The van der Waals surface area contributed by atoms with Gasteiger partial charge in [0.25, 0.3) is 0 Å². The van der Waals surface area contributed by atoms with Gasteiger partial charge >= 0.3 is 0 Å². The number of nitrogen functional groups attached to an aromatic ring is 1. The number of benzene rings is 1. The van der Waals surface area contributed by atoms with Crippen LogP contribution in [0.3, 0.4) is 0 Å². The van der Waals surface area contributed by atoms with Crippen molar-refractivity contribution in [1.29, 1.82) is 0 Å². The Labute approximate surface area is 118 Å². The Morgan fingerprint density at radius 2 is 2.05 bits per heavy atom. The molecule has 0 aliphatic heterocycles. The Balaban J connectivity index is 2.07. The Hall–Kier alpha value is -2.08. The van der Waals surface area contributed by atoms with Gasteiger partial charge in [-0.25, -0.2) is 4.68 Å². The molecule has 3 rings (SSSR count). The molecule has 0 bridgehead atoms. The third-order valence-electron chi connectivity index (χ3n) is 2.81. The molecule has 0 atom stereocenters. The molecule has 19 heavy (non-hydrogen) atoms. The number of aryl methyl sites for hydroxylation is 1. The molecule has 0 saturated heterocycles. The summed E-state index contributed by atoms with van der Waals surface area (Å²) in [6.07, 6.45) is 3.82. The Kier molecular flexibility index (Phi) is 2.87. The van der Waals surface area contributed by atoms with Crippen LogP contribution in [-0.4, -0.2) is 19.6 Å². The lowest BCUT2D eigenvalue weighted by Crippen LogP contribution is -1.97. The van der Waals surface area contributed by atoms with Gasteiger partial charge in [-0.3, -0.25) is 4.68 Å². The topological polar surface area (TPSA) is 61.7 Å². The van der Waals surface area contributed by atoms with Crippen LogP contribution < -0.4 is 5.73 Å². The summed E-state index contributed by atoms with van der Waals surface area (Å²) in [6.45, 7) is 0. The first-order chi connectivity index (χ1) is 9.13. The van der Waals surface area contributed by atoms with Crippen molar-refractivity contribution in [2.24, 2.45) is 7.05 Å². The van der Waals surface area contributed by atoms with Gasteiger partial charge in [0, 0.05) is 24.9 Å². The third-order valence-corrected chi connectivity index (χ3v) is 3.38. The lowest BCUT2D eigenvalue weighted by Gasteiger charge is -2.05. The second-order valence-electron chi connectivity index (χ2n) is 4.26. The average molecular weight is 318 g/mol. The standard InChI is InChI=1S/C13H12BrN5/c1-18-8-10(7-16-18)9-3-2-4-11(5-9)19-12(14)6-13(15)17-19/h2-8H,1H3,(H2,15,17). The van der Waals surface area contributed by atoms with Gasteiger partial charge in [-0.2, -0.15) is 5.10 Å². The molecule has 0 radical (unpaired) electrons. The van der Waals surface area contributed by atoms with E-state index in [0.717, 1.165) is 21.4 Å². The molecule has 0 saturated carbocycles. The SMILES string of the molecule is Cn1cc(-c2cccc(-n3nc(N)cc3Br)c2)cn1. The summed E-state index contributed by atoms with van der Waals surface area (Å²) < 4.78 is 4.37. The molecule has 0 aliphatic rings. The zero-order valence-electron chi connectivity index (χ0n) is 10.3. The molecule has 5 nitrogen and oxygen atoms in total. The van der Waals surface area contributed by atoms with Crippen LogP contribution in [0.5, 0.6) is 0 Å². The van der Waals surface area contributed by atoms with Gasteiger partial charge in [-0.15, -0.1) is 5.10 Å². The van der Waals surface area contributed by atoms with Gasteiger partial charge in [0.05, 0.1) is 11.9 Å². The summed E-state index contributed by atoms with van der Waals surface area (Å²) in [5.74, 6) is 0.485. The van der Waals surface area contributed by atoms with Crippen molar-refractivity contribution in [3.63, 3.8) is 0 Å². The summed E-state index contributed by atoms with van der Waals surface area (Å²) in [4.78, 5) is 0. The molecular formula is C13H12BrN5. The first kappa shape index (κ1) is 12.0. The van der Waals surface area contributed by atoms with Crippen molar-refractivity contribution in [2.45, 2.75) is 0 Å². The zero-order chi connectivity index (χ0) is 13.4. The van der Waals surface area contributed by atoms with Crippen molar-refractivity contribution >= 4 is 21.7 Å². The first-order valence-corrected chi connectivity index (χ1v) is 6.53. The van der Waals surface area contributed by atoms with Crippen LogP contribution in [0.25, 0.3) is 16.8 Å². The minimum absolute atomic E-state index is 0.485. The van der Waals surface area contributed by atoms with E-state index >= 15 is 0 Å². The quantitative estimate of drug-likeness (QED) is 0.790.